The fraction of sp³-hybridized carbons (Fsp3) is 0.500. The Morgan fingerprint density at radius 2 is 2.20 bits per heavy atom. The zero-order valence-electron chi connectivity index (χ0n) is 9.26. The van der Waals surface area contributed by atoms with Crippen molar-refractivity contribution in [3.8, 4) is 0 Å². The molecule has 0 bridgehead atoms. The Balaban J connectivity index is 2.37. The van der Waals surface area contributed by atoms with Crippen molar-refractivity contribution in [1.29, 1.82) is 0 Å². The minimum Gasteiger partial charge on any atom is -0.393 e. The van der Waals surface area contributed by atoms with E-state index in [4.69, 9.17) is 5.11 Å². The predicted octanol–water partition coefficient (Wildman–Crippen LogP) is 2.62. The Kier molecular flexibility index (Phi) is 5.29. The Hall–Kier alpha value is -0.380. The van der Waals surface area contributed by atoms with Crippen LogP contribution >= 0.6 is 15.9 Å². The largest absolute Gasteiger partial charge is 0.393 e. The van der Waals surface area contributed by atoms with E-state index in [0.29, 0.717) is 0 Å². The molecule has 0 saturated carbocycles. The number of nitrogens with one attached hydrogen (secondary N) is 1. The van der Waals surface area contributed by atoms with Crippen molar-refractivity contribution in [1.82, 2.24) is 5.32 Å². The maximum atomic E-state index is 9.09. The fourth-order valence-electron chi connectivity index (χ4n) is 1.39. The summed E-state index contributed by atoms with van der Waals surface area (Å²) in [5.41, 5.74) is 2.60. The Bertz CT molecular complexity index is 312. The first-order valence-electron chi connectivity index (χ1n) is 5.23. The Morgan fingerprint density at radius 1 is 1.47 bits per heavy atom. The van der Waals surface area contributed by atoms with Crippen molar-refractivity contribution in [3.63, 3.8) is 0 Å². The van der Waals surface area contributed by atoms with E-state index in [2.05, 4.69) is 46.4 Å². The first-order chi connectivity index (χ1) is 7.09. The molecule has 2 N–H and O–H groups in total. The third-order valence-corrected chi connectivity index (χ3v) is 2.85. The van der Waals surface area contributed by atoms with E-state index in [1.165, 1.54) is 11.1 Å². The fourth-order valence-corrected chi connectivity index (χ4v) is 1.87. The van der Waals surface area contributed by atoms with Gasteiger partial charge in [0.05, 0.1) is 6.10 Å². The molecular weight excluding hydrogens is 254 g/mol. The molecule has 1 aromatic carbocycles. The van der Waals surface area contributed by atoms with Gasteiger partial charge in [-0.25, -0.2) is 0 Å². The molecule has 1 unspecified atom stereocenters. The number of benzene rings is 1. The van der Waals surface area contributed by atoms with Crippen LogP contribution in [-0.2, 0) is 6.54 Å². The van der Waals surface area contributed by atoms with Crippen molar-refractivity contribution in [3.05, 3.63) is 33.8 Å². The van der Waals surface area contributed by atoms with Crippen molar-refractivity contribution in [2.75, 3.05) is 6.54 Å². The van der Waals surface area contributed by atoms with Crippen molar-refractivity contribution in [2.24, 2.45) is 0 Å². The average Bonchev–Trinajstić information content (AvgIpc) is 2.14. The van der Waals surface area contributed by atoms with Gasteiger partial charge >= 0.3 is 0 Å². The SMILES string of the molecule is Cc1cc(Br)ccc1CNCCC(C)O. The second-order valence-corrected chi connectivity index (χ2v) is 4.80. The van der Waals surface area contributed by atoms with Crippen molar-refractivity contribution < 1.29 is 5.11 Å². The van der Waals surface area contributed by atoms with Gasteiger partial charge in [0.2, 0.25) is 0 Å². The lowest BCUT2D eigenvalue weighted by molar-refractivity contribution is 0.183. The van der Waals surface area contributed by atoms with Gasteiger partial charge in [-0.2, -0.15) is 0 Å². The van der Waals surface area contributed by atoms with Crippen LogP contribution in [0, 0.1) is 6.92 Å². The number of halogens is 1. The van der Waals surface area contributed by atoms with Crippen LogP contribution in [0.2, 0.25) is 0 Å². The van der Waals surface area contributed by atoms with Gasteiger partial charge in [-0.15, -0.1) is 0 Å². The van der Waals surface area contributed by atoms with Gasteiger partial charge in [0.1, 0.15) is 0 Å². The van der Waals surface area contributed by atoms with E-state index < -0.39 is 0 Å². The molecule has 0 aromatic heterocycles. The van der Waals surface area contributed by atoms with Crippen LogP contribution in [0.5, 0.6) is 0 Å². The molecule has 0 radical (unpaired) electrons. The number of aliphatic hydroxyl groups is 1. The molecule has 0 spiro atoms. The molecule has 15 heavy (non-hydrogen) atoms. The first-order valence-corrected chi connectivity index (χ1v) is 6.02. The molecule has 0 heterocycles. The second-order valence-electron chi connectivity index (χ2n) is 3.89. The number of hydrogen-bond acceptors (Lipinski definition) is 2. The maximum absolute atomic E-state index is 9.09. The number of hydrogen-bond donors (Lipinski definition) is 2. The van der Waals surface area contributed by atoms with Gasteiger partial charge in [0.15, 0.2) is 0 Å². The van der Waals surface area contributed by atoms with Crippen LogP contribution < -0.4 is 5.32 Å². The van der Waals surface area contributed by atoms with Crippen LogP contribution in [0.3, 0.4) is 0 Å². The van der Waals surface area contributed by atoms with E-state index in [9.17, 15) is 0 Å². The third kappa shape index (κ3) is 4.78. The Morgan fingerprint density at radius 3 is 2.80 bits per heavy atom. The van der Waals surface area contributed by atoms with Gasteiger partial charge in [0, 0.05) is 11.0 Å². The van der Waals surface area contributed by atoms with Crippen molar-refractivity contribution >= 4 is 15.9 Å². The first kappa shape index (κ1) is 12.7. The predicted molar refractivity (Wildman–Crippen MR) is 66.9 cm³/mol. The quantitative estimate of drug-likeness (QED) is 0.808. The Labute approximate surface area is 99.8 Å². The third-order valence-electron chi connectivity index (χ3n) is 2.36. The highest BCUT2D eigenvalue weighted by atomic mass is 79.9. The highest BCUT2D eigenvalue weighted by Gasteiger charge is 1.99. The summed E-state index contributed by atoms with van der Waals surface area (Å²) in [4.78, 5) is 0. The standard InChI is InChI=1S/C12H18BrNO/c1-9-7-12(13)4-3-11(9)8-14-6-5-10(2)15/h3-4,7,10,14-15H,5-6,8H2,1-2H3. The minimum absolute atomic E-state index is 0.219. The molecule has 1 rings (SSSR count). The van der Waals surface area contributed by atoms with Crippen LogP contribution in [-0.4, -0.2) is 17.8 Å². The van der Waals surface area contributed by atoms with Gasteiger partial charge in [-0.3, -0.25) is 0 Å². The molecule has 3 heteroatoms. The molecule has 0 aliphatic carbocycles. The van der Waals surface area contributed by atoms with Crippen LogP contribution in [0.1, 0.15) is 24.5 Å². The van der Waals surface area contributed by atoms with E-state index in [-0.39, 0.29) is 6.10 Å². The summed E-state index contributed by atoms with van der Waals surface area (Å²) < 4.78 is 1.12. The molecule has 0 saturated heterocycles. The van der Waals surface area contributed by atoms with E-state index in [1.807, 2.05) is 6.92 Å². The highest BCUT2D eigenvalue weighted by molar-refractivity contribution is 9.10. The lowest BCUT2D eigenvalue weighted by Crippen LogP contribution is -2.19. The van der Waals surface area contributed by atoms with Gasteiger partial charge in [0.25, 0.3) is 0 Å². The maximum Gasteiger partial charge on any atom is 0.0524 e. The second kappa shape index (κ2) is 6.26. The normalized spacial score (nSPS) is 12.8. The van der Waals surface area contributed by atoms with Crippen molar-refractivity contribution in [2.45, 2.75) is 32.9 Å². The molecular formula is C12H18BrNO. The molecule has 1 atom stereocenters. The van der Waals surface area contributed by atoms with Crippen LogP contribution in [0.4, 0.5) is 0 Å². The van der Waals surface area contributed by atoms with Gasteiger partial charge in [-0.1, -0.05) is 22.0 Å². The van der Waals surface area contributed by atoms with Gasteiger partial charge in [-0.05, 0) is 50.1 Å². The number of aliphatic hydroxyl groups excluding tert-OH is 1. The van der Waals surface area contributed by atoms with E-state index in [1.54, 1.807) is 0 Å². The van der Waals surface area contributed by atoms with Gasteiger partial charge < -0.3 is 10.4 Å². The van der Waals surface area contributed by atoms with Crippen LogP contribution in [0.15, 0.2) is 22.7 Å². The van der Waals surface area contributed by atoms with Crippen LogP contribution in [0.25, 0.3) is 0 Å². The molecule has 0 aliphatic heterocycles. The zero-order chi connectivity index (χ0) is 11.3. The molecule has 0 fully saturated rings. The smallest absolute Gasteiger partial charge is 0.0524 e. The average molecular weight is 272 g/mol. The molecule has 2 nitrogen and oxygen atoms in total. The summed E-state index contributed by atoms with van der Waals surface area (Å²) in [7, 11) is 0. The van der Waals surface area contributed by atoms with E-state index in [0.717, 1.165) is 24.0 Å². The summed E-state index contributed by atoms with van der Waals surface area (Å²) in [5.74, 6) is 0. The molecule has 84 valence electrons. The molecule has 0 amide bonds. The molecule has 0 aliphatic rings. The number of rotatable bonds is 5. The number of aryl methyl sites for hydroxylation is 1. The lowest BCUT2D eigenvalue weighted by Gasteiger charge is -2.09. The topological polar surface area (TPSA) is 32.3 Å². The summed E-state index contributed by atoms with van der Waals surface area (Å²) in [6, 6.07) is 6.29. The minimum atomic E-state index is -0.219. The monoisotopic (exact) mass is 271 g/mol. The summed E-state index contributed by atoms with van der Waals surface area (Å²) in [5, 5.41) is 12.4. The summed E-state index contributed by atoms with van der Waals surface area (Å²) >= 11 is 3.44. The summed E-state index contributed by atoms with van der Waals surface area (Å²) in [6.45, 7) is 5.64. The zero-order valence-corrected chi connectivity index (χ0v) is 10.8. The molecule has 1 aromatic rings. The van der Waals surface area contributed by atoms with E-state index >= 15 is 0 Å². The highest BCUT2D eigenvalue weighted by Crippen LogP contribution is 2.15. The summed E-state index contributed by atoms with van der Waals surface area (Å²) in [6.07, 6.45) is 0.582. The lowest BCUT2D eigenvalue weighted by atomic mass is 10.1.